The zero-order chi connectivity index (χ0) is 10.8. The summed E-state index contributed by atoms with van der Waals surface area (Å²) in [5.74, 6) is 0.881. The van der Waals surface area contributed by atoms with Crippen molar-refractivity contribution in [2.45, 2.75) is 25.9 Å². The fourth-order valence-electron chi connectivity index (χ4n) is 2.00. The highest BCUT2D eigenvalue weighted by Crippen LogP contribution is 2.20. The van der Waals surface area contributed by atoms with Crippen LogP contribution < -0.4 is 10.6 Å². The average Bonchev–Trinajstić information content (AvgIpc) is 2.16. The number of hydrogen-bond acceptors (Lipinski definition) is 4. The molecule has 0 amide bonds. The Balaban J connectivity index is 2.20. The molecule has 0 aliphatic carbocycles. The second kappa shape index (κ2) is 4.06. The van der Waals surface area contributed by atoms with E-state index in [0.29, 0.717) is 6.54 Å². The minimum atomic E-state index is -0.234. The van der Waals surface area contributed by atoms with E-state index in [1.54, 1.807) is 0 Å². The fourth-order valence-corrected chi connectivity index (χ4v) is 2.00. The minimum absolute atomic E-state index is 0.234. The molecule has 2 heterocycles. The number of hydrogen-bond donors (Lipinski definition) is 2. The Morgan fingerprint density at radius 3 is 3.00 bits per heavy atom. The van der Waals surface area contributed by atoms with Crippen molar-refractivity contribution < 1.29 is 5.11 Å². The summed E-state index contributed by atoms with van der Waals surface area (Å²) in [5, 5.41) is 9.58. The van der Waals surface area contributed by atoms with Crippen LogP contribution in [0.3, 0.4) is 0 Å². The maximum absolute atomic E-state index is 9.58. The number of piperidine rings is 1. The van der Waals surface area contributed by atoms with Crippen LogP contribution >= 0.6 is 0 Å². The van der Waals surface area contributed by atoms with E-state index in [1.165, 1.54) is 0 Å². The van der Waals surface area contributed by atoms with Gasteiger partial charge in [-0.25, -0.2) is 4.98 Å². The summed E-state index contributed by atoms with van der Waals surface area (Å²) >= 11 is 0. The largest absolute Gasteiger partial charge is 0.399 e. The third kappa shape index (κ3) is 2.39. The number of aliphatic hydroxyl groups excluding tert-OH is 1. The first-order valence-corrected chi connectivity index (χ1v) is 5.32. The summed E-state index contributed by atoms with van der Waals surface area (Å²) in [6, 6.07) is 3.72. The second-order valence-corrected chi connectivity index (χ2v) is 4.14. The molecule has 3 N–H and O–H groups in total. The molecular weight excluding hydrogens is 190 g/mol. The molecule has 1 aliphatic rings. The van der Waals surface area contributed by atoms with Gasteiger partial charge in [-0.2, -0.15) is 0 Å². The van der Waals surface area contributed by atoms with E-state index in [0.717, 1.165) is 36.6 Å². The van der Waals surface area contributed by atoms with Crippen molar-refractivity contribution in [2.24, 2.45) is 0 Å². The summed E-state index contributed by atoms with van der Waals surface area (Å²) in [4.78, 5) is 6.52. The molecule has 0 unspecified atom stereocenters. The molecule has 4 nitrogen and oxygen atoms in total. The molecule has 1 fully saturated rings. The van der Waals surface area contributed by atoms with Gasteiger partial charge in [0.25, 0.3) is 0 Å². The highest BCUT2D eigenvalue weighted by Gasteiger charge is 2.18. The fraction of sp³-hybridized carbons (Fsp3) is 0.545. The summed E-state index contributed by atoms with van der Waals surface area (Å²) in [6.07, 6.45) is 1.66. The number of anilines is 2. The number of pyridine rings is 1. The van der Waals surface area contributed by atoms with Crippen molar-refractivity contribution in [2.75, 3.05) is 23.7 Å². The predicted octanol–water partition coefficient (Wildman–Crippen LogP) is 0.933. The molecule has 0 radical (unpaired) electrons. The first-order chi connectivity index (χ1) is 7.15. The molecule has 15 heavy (non-hydrogen) atoms. The Hall–Kier alpha value is -1.29. The van der Waals surface area contributed by atoms with E-state index in [1.807, 2.05) is 19.1 Å². The van der Waals surface area contributed by atoms with E-state index in [4.69, 9.17) is 5.73 Å². The van der Waals surface area contributed by atoms with Crippen molar-refractivity contribution in [3.05, 3.63) is 17.8 Å². The SMILES string of the molecule is Cc1cc(N)cc(N2CCC[C@H](O)C2)n1. The van der Waals surface area contributed by atoms with Gasteiger partial charge in [-0.3, -0.25) is 0 Å². The smallest absolute Gasteiger partial charge is 0.130 e. The van der Waals surface area contributed by atoms with Gasteiger partial charge >= 0.3 is 0 Å². The van der Waals surface area contributed by atoms with Crippen LogP contribution in [0.2, 0.25) is 0 Å². The first kappa shape index (κ1) is 10.2. The number of nitrogens with two attached hydrogens (primary N) is 1. The molecule has 2 rings (SSSR count). The Bertz CT molecular complexity index is 333. The molecule has 4 heteroatoms. The van der Waals surface area contributed by atoms with Crippen molar-refractivity contribution in [1.82, 2.24) is 4.98 Å². The van der Waals surface area contributed by atoms with Gasteiger partial charge in [0.1, 0.15) is 5.82 Å². The maximum atomic E-state index is 9.58. The van der Waals surface area contributed by atoms with Crippen LogP contribution in [0, 0.1) is 6.92 Å². The van der Waals surface area contributed by atoms with Gasteiger partial charge in [0.2, 0.25) is 0 Å². The van der Waals surface area contributed by atoms with Crippen LogP contribution in [-0.4, -0.2) is 29.3 Å². The molecule has 0 bridgehead atoms. The molecule has 82 valence electrons. The Morgan fingerprint density at radius 2 is 2.33 bits per heavy atom. The molecule has 1 saturated heterocycles. The van der Waals surface area contributed by atoms with Crippen LogP contribution in [0.25, 0.3) is 0 Å². The third-order valence-corrected chi connectivity index (χ3v) is 2.68. The summed E-state index contributed by atoms with van der Waals surface area (Å²) in [6.45, 7) is 3.54. The van der Waals surface area contributed by atoms with Gasteiger partial charge in [0, 0.05) is 30.5 Å². The number of aromatic nitrogens is 1. The van der Waals surface area contributed by atoms with Crippen LogP contribution in [0.15, 0.2) is 12.1 Å². The van der Waals surface area contributed by atoms with Crippen molar-refractivity contribution in [3.63, 3.8) is 0 Å². The van der Waals surface area contributed by atoms with Crippen molar-refractivity contribution >= 4 is 11.5 Å². The van der Waals surface area contributed by atoms with Gasteiger partial charge in [-0.15, -0.1) is 0 Å². The molecule has 0 saturated carbocycles. The topological polar surface area (TPSA) is 62.4 Å². The van der Waals surface area contributed by atoms with E-state index >= 15 is 0 Å². The quantitative estimate of drug-likeness (QED) is 0.719. The number of nitrogens with zero attached hydrogens (tertiary/aromatic N) is 2. The standard InChI is InChI=1S/C11H17N3O/c1-8-5-9(12)6-11(13-8)14-4-2-3-10(15)7-14/h5-6,10,15H,2-4,7H2,1H3,(H2,12,13)/t10-/m0/s1. The summed E-state index contributed by atoms with van der Waals surface area (Å²) in [7, 11) is 0. The monoisotopic (exact) mass is 207 g/mol. The van der Waals surface area contributed by atoms with Crippen LogP contribution in [-0.2, 0) is 0 Å². The lowest BCUT2D eigenvalue weighted by Crippen LogP contribution is -2.38. The molecule has 0 spiro atoms. The number of aliphatic hydroxyl groups is 1. The molecule has 1 aromatic rings. The molecule has 1 atom stereocenters. The second-order valence-electron chi connectivity index (χ2n) is 4.14. The van der Waals surface area contributed by atoms with Crippen LogP contribution in [0.1, 0.15) is 18.5 Å². The van der Waals surface area contributed by atoms with E-state index in [9.17, 15) is 5.11 Å². The minimum Gasteiger partial charge on any atom is -0.399 e. The lowest BCUT2D eigenvalue weighted by Gasteiger charge is -2.31. The van der Waals surface area contributed by atoms with E-state index in [-0.39, 0.29) is 6.10 Å². The lowest BCUT2D eigenvalue weighted by molar-refractivity contribution is 0.154. The normalized spacial score (nSPS) is 21.7. The van der Waals surface area contributed by atoms with Crippen LogP contribution in [0.4, 0.5) is 11.5 Å². The molecule has 0 aromatic carbocycles. The first-order valence-electron chi connectivity index (χ1n) is 5.32. The number of rotatable bonds is 1. The van der Waals surface area contributed by atoms with Crippen molar-refractivity contribution in [1.29, 1.82) is 0 Å². The Kier molecular flexibility index (Phi) is 2.77. The molecular formula is C11H17N3O. The van der Waals surface area contributed by atoms with E-state index in [2.05, 4.69) is 9.88 Å². The highest BCUT2D eigenvalue weighted by molar-refractivity contribution is 5.52. The number of β-amino-alcohol motifs (C(OH)–C–C–N with tert-alkyl or cyclic N) is 1. The molecule has 1 aliphatic heterocycles. The molecule has 1 aromatic heterocycles. The maximum Gasteiger partial charge on any atom is 0.130 e. The van der Waals surface area contributed by atoms with Gasteiger partial charge in [0.05, 0.1) is 6.10 Å². The van der Waals surface area contributed by atoms with Gasteiger partial charge in [-0.1, -0.05) is 0 Å². The Labute approximate surface area is 89.7 Å². The third-order valence-electron chi connectivity index (χ3n) is 2.68. The van der Waals surface area contributed by atoms with Crippen molar-refractivity contribution in [3.8, 4) is 0 Å². The summed E-state index contributed by atoms with van der Waals surface area (Å²) < 4.78 is 0. The predicted molar refractivity (Wildman–Crippen MR) is 60.8 cm³/mol. The lowest BCUT2D eigenvalue weighted by atomic mass is 10.1. The average molecular weight is 207 g/mol. The van der Waals surface area contributed by atoms with Gasteiger partial charge < -0.3 is 15.7 Å². The van der Waals surface area contributed by atoms with Gasteiger partial charge in [0.15, 0.2) is 0 Å². The zero-order valence-corrected chi connectivity index (χ0v) is 8.98. The zero-order valence-electron chi connectivity index (χ0n) is 8.98. The Morgan fingerprint density at radius 1 is 1.53 bits per heavy atom. The van der Waals surface area contributed by atoms with Crippen LogP contribution in [0.5, 0.6) is 0 Å². The highest BCUT2D eigenvalue weighted by atomic mass is 16.3. The number of nitrogen functional groups attached to an aromatic ring is 1. The number of aryl methyl sites for hydroxylation is 1. The summed E-state index contributed by atoms with van der Waals surface area (Å²) in [5.41, 5.74) is 7.43. The van der Waals surface area contributed by atoms with Gasteiger partial charge in [-0.05, 0) is 25.8 Å². The van der Waals surface area contributed by atoms with E-state index < -0.39 is 0 Å².